The van der Waals surface area contributed by atoms with Gasteiger partial charge in [-0.05, 0) is 62.3 Å². The number of benzene rings is 1. The van der Waals surface area contributed by atoms with Crippen LogP contribution in [0.1, 0.15) is 38.2 Å². The zero-order valence-corrected chi connectivity index (χ0v) is 14.9. The van der Waals surface area contributed by atoms with Gasteiger partial charge in [-0.15, -0.1) is 0 Å². The number of amides is 1. The van der Waals surface area contributed by atoms with E-state index in [1.54, 1.807) is 18.2 Å². The summed E-state index contributed by atoms with van der Waals surface area (Å²) in [6.07, 6.45) is 4.22. The number of nitrogens with one attached hydrogen (secondary N) is 1. The van der Waals surface area contributed by atoms with E-state index in [9.17, 15) is 9.59 Å². The fourth-order valence-electron chi connectivity index (χ4n) is 2.71. The molecule has 0 aliphatic heterocycles. The largest absolute Gasteiger partial charge is 0.482 e. The molecule has 132 valence electrons. The Labute approximate surface area is 147 Å². The van der Waals surface area contributed by atoms with E-state index in [4.69, 9.17) is 21.1 Å². The first-order chi connectivity index (χ1) is 11.4. The van der Waals surface area contributed by atoms with Crippen LogP contribution in [0.25, 0.3) is 0 Å². The van der Waals surface area contributed by atoms with Crippen LogP contribution in [0.4, 0.5) is 0 Å². The lowest BCUT2D eigenvalue weighted by atomic mass is 9.87. The van der Waals surface area contributed by atoms with Crippen LogP contribution in [-0.4, -0.2) is 31.1 Å². The molecule has 0 radical (unpaired) electrons. The molecular weight excluding hydrogens is 330 g/mol. The van der Waals surface area contributed by atoms with E-state index in [0.717, 1.165) is 37.2 Å². The van der Waals surface area contributed by atoms with Gasteiger partial charge in [0.05, 0.1) is 0 Å². The predicted octanol–water partition coefficient (Wildman–Crippen LogP) is 3.27. The number of esters is 1. The smallest absolute Gasteiger partial charge is 0.344 e. The van der Waals surface area contributed by atoms with Crippen LogP contribution in [0.5, 0.6) is 5.75 Å². The summed E-state index contributed by atoms with van der Waals surface area (Å²) < 4.78 is 10.3. The van der Waals surface area contributed by atoms with Crippen LogP contribution < -0.4 is 10.1 Å². The molecular formula is C18H24ClNO4. The van der Waals surface area contributed by atoms with Gasteiger partial charge in [-0.1, -0.05) is 18.5 Å². The van der Waals surface area contributed by atoms with E-state index in [1.807, 2.05) is 6.92 Å². The molecule has 0 spiro atoms. The molecule has 6 heteroatoms. The highest BCUT2D eigenvalue weighted by atomic mass is 35.5. The Morgan fingerprint density at radius 2 is 1.92 bits per heavy atom. The zero-order chi connectivity index (χ0) is 17.5. The average molecular weight is 354 g/mol. The van der Waals surface area contributed by atoms with Gasteiger partial charge < -0.3 is 14.8 Å². The molecule has 0 aromatic heterocycles. The van der Waals surface area contributed by atoms with Crippen LogP contribution in [-0.2, 0) is 14.3 Å². The van der Waals surface area contributed by atoms with Gasteiger partial charge in [-0.25, -0.2) is 4.79 Å². The summed E-state index contributed by atoms with van der Waals surface area (Å²) in [7, 11) is 0. The lowest BCUT2D eigenvalue weighted by molar-refractivity contribution is -0.150. The third kappa shape index (κ3) is 6.04. The number of ether oxygens (including phenoxy) is 2. The topological polar surface area (TPSA) is 64.6 Å². The molecule has 0 atom stereocenters. The van der Waals surface area contributed by atoms with Gasteiger partial charge in [0.2, 0.25) is 0 Å². The minimum absolute atomic E-state index is 0.195. The molecule has 1 aromatic carbocycles. The van der Waals surface area contributed by atoms with Crippen LogP contribution in [0, 0.1) is 12.8 Å². The summed E-state index contributed by atoms with van der Waals surface area (Å²) in [4.78, 5) is 23.5. The van der Waals surface area contributed by atoms with E-state index in [0.29, 0.717) is 10.8 Å². The SMILES string of the molecule is Cc1cc(OCC(=O)OCC(=O)NC2CCC(C)CC2)ccc1Cl. The highest BCUT2D eigenvalue weighted by Gasteiger charge is 2.20. The zero-order valence-electron chi connectivity index (χ0n) is 14.1. The van der Waals surface area contributed by atoms with Crippen LogP contribution >= 0.6 is 11.6 Å². The second kappa shape index (κ2) is 8.92. The molecule has 1 fully saturated rings. The lowest BCUT2D eigenvalue weighted by Crippen LogP contribution is -2.39. The van der Waals surface area contributed by atoms with Crippen LogP contribution in [0.2, 0.25) is 5.02 Å². The minimum Gasteiger partial charge on any atom is -0.482 e. The minimum atomic E-state index is -0.574. The molecule has 1 amide bonds. The van der Waals surface area contributed by atoms with Crippen molar-refractivity contribution in [3.8, 4) is 5.75 Å². The van der Waals surface area contributed by atoms with Crippen molar-refractivity contribution in [2.24, 2.45) is 5.92 Å². The molecule has 1 saturated carbocycles. The third-order valence-electron chi connectivity index (χ3n) is 4.23. The second-order valence-electron chi connectivity index (χ2n) is 6.38. The van der Waals surface area contributed by atoms with E-state index >= 15 is 0 Å². The molecule has 0 unspecified atom stereocenters. The molecule has 24 heavy (non-hydrogen) atoms. The van der Waals surface area contributed by atoms with Gasteiger partial charge >= 0.3 is 5.97 Å². The Morgan fingerprint density at radius 3 is 2.58 bits per heavy atom. The van der Waals surface area contributed by atoms with Crippen molar-refractivity contribution in [3.63, 3.8) is 0 Å². The maximum absolute atomic E-state index is 11.8. The van der Waals surface area contributed by atoms with E-state index < -0.39 is 5.97 Å². The van der Waals surface area contributed by atoms with Gasteiger partial charge in [0, 0.05) is 11.1 Å². The maximum atomic E-state index is 11.8. The number of hydrogen-bond acceptors (Lipinski definition) is 4. The van der Waals surface area contributed by atoms with Crippen molar-refractivity contribution < 1.29 is 19.1 Å². The highest BCUT2D eigenvalue weighted by molar-refractivity contribution is 6.31. The normalized spacial score (nSPS) is 20.3. The summed E-state index contributed by atoms with van der Waals surface area (Å²) in [5.74, 6) is 0.430. The van der Waals surface area contributed by atoms with E-state index in [2.05, 4.69) is 12.2 Å². The van der Waals surface area contributed by atoms with Crippen molar-refractivity contribution >= 4 is 23.5 Å². The Morgan fingerprint density at radius 1 is 1.21 bits per heavy atom. The number of carbonyl (C=O) groups excluding carboxylic acids is 2. The summed E-state index contributed by atoms with van der Waals surface area (Å²) in [5, 5.41) is 3.55. The van der Waals surface area contributed by atoms with Gasteiger partial charge in [-0.2, -0.15) is 0 Å². The third-order valence-corrected chi connectivity index (χ3v) is 4.66. The molecule has 1 aliphatic carbocycles. The van der Waals surface area contributed by atoms with Crippen LogP contribution in [0.3, 0.4) is 0 Å². The van der Waals surface area contributed by atoms with E-state index in [1.165, 1.54) is 0 Å². The van der Waals surface area contributed by atoms with Gasteiger partial charge in [0.15, 0.2) is 13.2 Å². The molecule has 1 N–H and O–H groups in total. The first kappa shape index (κ1) is 18.6. The first-order valence-electron chi connectivity index (χ1n) is 8.28. The molecule has 1 aliphatic rings. The average Bonchev–Trinajstić information content (AvgIpc) is 2.56. The number of carbonyl (C=O) groups is 2. The quantitative estimate of drug-likeness (QED) is 0.797. The van der Waals surface area contributed by atoms with Gasteiger partial charge in [0.1, 0.15) is 5.75 Å². The number of aryl methyl sites for hydroxylation is 1. The summed E-state index contributed by atoms with van der Waals surface area (Å²) in [6.45, 7) is 3.56. The Hall–Kier alpha value is -1.75. The summed E-state index contributed by atoms with van der Waals surface area (Å²) in [6, 6.07) is 5.32. The monoisotopic (exact) mass is 353 g/mol. The van der Waals surface area contributed by atoms with Crippen molar-refractivity contribution in [2.75, 3.05) is 13.2 Å². The van der Waals surface area contributed by atoms with Crippen molar-refractivity contribution in [1.82, 2.24) is 5.32 Å². The number of halogens is 1. The predicted molar refractivity (Wildman–Crippen MR) is 92.2 cm³/mol. The maximum Gasteiger partial charge on any atom is 0.344 e. The fraction of sp³-hybridized carbons (Fsp3) is 0.556. The van der Waals surface area contributed by atoms with Gasteiger partial charge in [-0.3, -0.25) is 4.79 Å². The first-order valence-corrected chi connectivity index (χ1v) is 8.65. The Balaban J connectivity index is 1.65. The van der Waals surface area contributed by atoms with Crippen molar-refractivity contribution in [1.29, 1.82) is 0 Å². The number of hydrogen-bond donors (Lipinski definition) is 1. The highest BCUT2D eigenvalue weighted by Crippen LogP contribution is 2.23. The summed E-state index contributed by atoms with van der Waals surface area (Å²) in [5.41, 5.74) is 0.865. The van der Waals surface area contributed by atoms with Crippen molar-refractivity contribution in [2.45, 2.75) is 45.6 Å². The molecule has 0 heterocycles. The standard InChI is InChI=1S/C18H24ClNO4/c1-12-3-5-14(6-4-12)20-17(21)10-24-18(22)11-23-15-7-8-16(19)13(2)9-15/h7-9,12,14H,3-6,10-11H2,1-2H3,(H,20,21). The van der Waals surface area contributed by atoms with Crippen LogP contribution in [0.15, 0.2) is 18.2 Å². The molecule has 0 bridgehead atoms. The molecule has 0 saturated heterocycles. The second-order valence-corrected chi connectivity index (χ2v) is 6.79. The summed E-state index contributed by atoms with van der Waals surface area (Å²) >= 11 is 5.92. The lowest BCUT2D eigenvalue weighted by Gasteiger charge is -2.26. The van der Waals surface area contributed by atoms with E-state index in [-0.39, 0.29) is 25.2 Å². The molecule has 1 aromatic rings. The Kier molecular flexibility index (Phi) is 6.91. The Bertz CT molecular complexity index is 582. The molecule has 5 nitrogen and oxygen atoms in total. The van der Waals surface area contributed by atoms with Gasteiger partial charge in [0.25, 0.3) is 5.91 Å². The fourth-order valence-corrected chi connectivity index (χ4v) is 2.83. The molecule has 2 rings (SSSR count). The van der Waals surface area contributed by atoms with Crippen molar-refractivity contribution in [3.05, 3.63) is 28.8 Å². The number of rotatable bonds is 6.